The molecule has 0 spiro atoms. The normalized spacial score (nSPS) is 11.5. The maximum atomic E-state index is 11.1. The van der Waals surface area contributed by atoms with Crippen molar-refractivity contribution in [1.29, 1.82) is 5.26 Å². The number of nitrogens with zero attached hydrogens (tertiary/aromatic N) is 1. The van der Waals surface area contributed by atoms with E-state index in [0.29, 0.717) is 12.2 Å². The summed E-state index contributed by atoms with van der Waals surface area (Å²) in [5.41, 5.74) is 0.565. The van der Waals surface area contributed by atoms with E-state index in [9.17, 15) is 9.59 Å². The zero-order valence-electron chi connectivity index (χ0n) is 12.0. The molecule has 0 aliphatic heterocycles. The third-order valence-corrected chi connectivity index (χ3v) is 2.53. The first-order valence-electron chi connectivity index (χ1n) is 6.56. The first-order valence-corrected chi connectivity index (χ1v) is 6.56. The van der Waals surface area contributed by atoms with Gasteiger partial charge in [0.25, 0.3) is 0 Å². The topological polar surface area (TPSA) is 87.4 Å². The molecule has 112 valence electrons. The predicted octanol–water partition coefficient (Wildman–Crippen LogP) is 3.11. The summed E-state index contributed by atoms with van der Waals surface area (Å²) in [4.78, 5) is 21.7. The fraction of sp³-hybridized carbons (Fsp3) is 0.118. The molecule has 0 aromatic heterocycles. The van der Waals surface area contributed by atoms with E-state index in [4.69, 9.17) is 15.1 Å². The van der Waals surface area contributed by atoms with Crippen molar-refractivity contribution in [2.75, 3.05) is 0 Å². The molecule has 0 radical (unpaired) electrons. The minimum Gasteiger partial charge on any atom is -0.477 e. The van der Waals surface area contributed by atoms with Gasteiger partial charge in [0.2, 0.25) is 0 Å². The number of hydrogen-bond acceptors (Lipinski definition) is 4. The van der Waals surface area contributed by atoms with Gasteiger partial charge in [0.15, 0.2) is 0 Å². The monoisotopic (exact) mass is 297 g/mol. The van der Waals surface area contributed by atoms with Crippen molar-refractivity contribution in [2.45, 2.75) is 13.3 Å². The van der Waals surface area contributed by atoms with Gasteiger partial charge in [-0.1, -0.05) is 43.4 Å². The molecule has 0 fully saturated rings. The van der Waals surface area contributed by atoms with Gasteiger partial charge in [0.1, 0.15) is 17.4 Å². The highest BCUT2D eigenvalue weighted by Crippen LogP contribution is 2.13. The molecular formula is C17H15NO4. The molecule has 0 aliphatic carbocycles. The van der Waals surface area contributed by atoms with E-state index >= 15 is 0 Å². The fourth-order valence-electron chi connectivity index (χ4n) is 1.39. The molecule has 0 unspecified atom stereocenters. The number of carboxylic acid groups (broad SMARTS) is 1. The highest BCUT2D eigenvalue weighted by atomic mass is 16.5. The Bertz CT molecular complexity index is 661. The lowest BCUT2D eigenvalue weighted by atomic mass is 10.2. The van der Waals surface area contributed by atoms with Crippen LogP contribution in [0.15, 0.2) is 54.1 Å². The minimum atomic E-state index is -1.26. The lowest BCUT2D eigenvalue weighted by Crippen LogP contribution is -2.05. The zero-order chi connectivity index (χ0) is 16.4. The third-order valence-electron chi connectivity index (χ3n) is 2.53. The van der Waals surface area contributed by atoms with Crippen LogP contribution in [0.5, 0.6) is 5.75 Å². The second kappa shape index (κ2) is 8.93. The fourth-order valence-corrected chi connectivity index (χ4v) is 1.39. The molecule has 5 nitrogen and oxygen atoms in total. The third kappa shape index (κ3) is 5.88. The van der Waals surface area contributed by atoms with Crippen LogP contribution in [0.1, 0.15) is 18.9 Å². The summed E-state index contributed by atoms with van der Waals surface area (Å²) in [6, 6.07) is 8.54. The van der Waals surface area contributed by atoms with Crippen LogP contribution in [0.2, 0.25) is 0 Å². The molecule has 0 saturated carbocycles. The lowest BCUT2D eigenvalue weighted by molar-refractivity contribution is -0.134. The number of carbonyl (C=O) groups excluding carboxylic acids is 1. The van der Waals surface area contributed by atoms with Gasteiger partial charge < -0.3 is 9.84 Å². The summed E-state index contributed by atoms with van der Waals surface area (Å²) in [5, 5.41) is 17.2. The van der Waals surface area contributed by atoms with E-state index in [1.54, 1.807) is 55.5 Å². The van der Waals surface area contributed by atoms with Gasteiger partial charge in [-0.15, -0.1) is 0 Å². The van der Waals surface area contributed by atoms with Crippen molar-refractivity contribution in [3.63, 3.8) is 0 Å². The Kier molecular flexibility index (Phi) is 6.87. The second-order valence-electron chi connectivity index (χ2n) is 4.14. The standard InChI is InChI=1S/C17H15NO4/c1-2-16(19)22-15-10-8-13(9-11-15)6-4-3-5-7-14(12-18)17(20)21/h3-11H,2H2,1H3,(H,20,21)/b5-3+,6-4+,14-7+. The smallest absolute Gasteiger partial charge is 0.346 e. The number of ether oxygens (including phenoxy) is 1. The van der Waals surface area contributed by atoms with Crippen molar-refractivity contribution in [1.82, 2.24) is 0 Å². The lowest BCUT2D eigenvalue weighted by Gasteiger charge is -2.02. The SMILES string of the molecule is CCC(=O)Oc1ccc(/C=C/C=C/C=C(\C#N)C(=O)O)cc1. The summed E-state index contributed by atoms with van der Waals surface area (Å²) in [7, 11) is 0. The number of esters is 1. The molecule has 0 saturated heterocycles. The van der Waals surface area contributed by atoms with E-state index in [1.807, 2.05) is 0 Å². The number of rotatable bonds is 6. The van der Waals surface area contributed by atoms with Crippen molar-refractivity contribution < 1.29 is 19.4 Å². The van der Waals surface area contributed by atoms with Gasteiger partial charge in [-0.3, -0.25) is 4.79 Å². The van der Waals surface area contributed by atoms with Crippen molar-refractivity contribution in [2.24, 2.45) is 0 Å². The van der Waals surface area contributed by atoms with Crippen LogP contribution in [0, 0.1) is 11.3 Å². The molecule has 0 atom stereocenters. The number of allylic oxidation sites excluding steroid dienone is 4. The molecule has 0 aliphatic rings. The number of carbonyl (C=O) groups is 2. The molecule has 1 aromatic carbocycles. The number of aliphatic carboxylic acids is 1. The largest absolute Gasteiger partial charge is 0.477 e. The first-order chi connectivity index (χ1) is 10.6. The maximum absolute atomic E-state index is 11.1. The minimum absolute atomic E-state index is 0.287. The summed E-state index contributed by atoms with van der Waals surface area (Å²) >= 11 is 0. The molecule has 0 bridgehead atoms. The van der Waals surface area contributed by atoms with Crippen molar-refractivity contribution in [3.8, 4) is 11.8 Å². The molecule has 0 heterocycles. The molecule has 5 heteroatoms. The van der Waals surface area contributed by atoms with E-state index in [-0.39, 0.29) is 11.5 Å². The summed E-state index contributed by atoms with van der Waals surface area (Å²) in [6.07, 6.45) is 8.13. The summed E-state index contributed by atoms with van der Waals surface area (Å²) in [5.74, 6) is -1.05. The Morgan fingerprint density at radius 1 is 1.23 bits per heavy atom. The van der Waals surface area contributed by atoms with Gasteiger partial charge >= 0.3 is 11.9 Å². The molecule has 0 amide bonds. The molecular weight excluding hydrogens is 282 g/mol. The maximum Gasteiger partial charge on any atom is 0.346 e. The first kappa shape index (κ1) is 16.9. The Labute approximate surface area is 128 Å². The Morgan fingerprint density at radius 2 is 1.91 bits per heavy atom. The molecule has 1 aromatic rings. The highest BCUT2D eigenvalue weighted by molar-refractivity contribution is 5.91. The van der Waals surface area contributed by atoms with E-state index in [1.165, 1.54) is 12.2 Å². The number of hydrogen-bond donors (Lipinski definition) is 1. The Balaban J connectivity index is 2.62. The summed E-state index contributed by atoms with van der Waals surface area (Å²) in [6.45, 7) is 1.72. The van der Waals surface area contributed by atoms with Crippen LogP contribution in [0.4, 0.5) is 0 Å². The van der Waals surface area contributed by atoms with Gasteiger partial charge in [-0.25, -0.2) is 4.79 Å². The highest BCUT2D eigenvalue weighted by Gasteiger charge is 2.02. The summed E-state index contributed by atoms with van der Waals surface area (Å²) < 4.78 is 5.05. The van der Waals surface area contributed by atoms with Crippen LogP contribution in [-0.2, 0) is 9.59 Å². The molecule has 1 N–H and O–H groups in total. The van der Waals surface area contributed by atoms with Crippen molar-refractivity contribution in [3.05, 3.63) is 59.7 Å². The average Bonchev–Trinajstić information content (AvgIpc) is 2.51. The van der Waals surface area contributed by atoms with E-state index < -0.39 is 5.97 Å². The number of benzene rings is 1. The van der Waals surface area contributed by atoms with E-state index in [2.05, 4.69) is 0 Å². The second-order valence-corrected chi connectivity index (χ2v) is 4.14. The molecule has 22 heavy (non-hydrogen) atoms. The quantitative estimate of drug-likeness (QED) is 0.286. The van der Waals surface area contributed by atoms with E-state index in [0.717, 1.165) is 5.56 Å². The van der Waals surface area contributed by atoms with Gasteiger partial charge in [-0.2, -0.15) is 5.26 Å². The number of carboxylic acids is 1. The van der Waals surface area contributed by atoms with Crippen LogP contribution < -0.4 is 4.74 Å². The van der Waals surface area contributed by atoms with Crippen LogP contribution in [-0.4, -0.2) is 17.0 Å². The van der Waals surface area contributed by atoms with Gasteiger partial charge in [0, 0.05) is 6.42 Å². The number of nitriles is 1. The predicted molar refractivity (Wildman–Crippen MR) is 81.9 cm³/mol. The van der Waals surface area contributed by atoms with Gasteiger partial charge in [0.05, 0.1) is 0 Å². The Hall–Kier alpha value is -3.13. The van der Waals surface area contributed by atoms with Crippen LogP contribution >= 0.6 is 0 Å². The zero-order valence-corrected chi connectivity index (χ0v) is 12.0. The average molecular weight is 297 g/mol. The Morgan fingerprint density at radius 3 is 2.45 bits per heavy atom. The van der Waals surface area contributed by atoms with Crippen LogP contribution in [0.3, 0.4) is 0 Å². The van der Waals surface area contributed by atoms with Crippen LogP contribution in [0.25, 0.3) is 6.08 Å². The molecule has 1 rings (SSSR count). The van der Waals surface area contributed by atoms with Crippen molar-refractivity contribution >= 4 is 18.0 Å². The van der Waals surface area contributed by atoms with Gasteiger partial charge in [-0.05, 0) is 23.8 Å².